The zero-order valence-corrected chi connectivity index (χ0v) is 13.8. The first-order valence-corrected chi connectivity index (χ1v) is 9.09. The van der Waals surface area contributed by atoms with Gasteiger partial charge in [0.05, 0.1) is 12.2 Å². The van der Waals surface area contributed by atoms with E-state index in [0.29, 0.717) is 5.92 Å². The number of aliphatic hydroxyl groups excluding tert-OH is 1. The minimum absolute atomic E-state index is 0.0935. The average Bonchev–Trinajstić information content (AvgIpc) is 2.49. The van der Waals surface area contributed by atoms with Crippen LogP contribution in [-0.2, 0) is 4.74 Å². The van der Waals surface area contributed by atoms with Gasteiger partial charge in [0.15, 0.2) is 0 Å². The maximum absolute atomic E-state index is 10.5. The lowest BCUT2D eigenvalue weighted by atomic mass is 9.82. The zero-order valence-electron chi connectivity index (χ0n) is 13.8. The van der Waals surface area contributed by atoms with Crippen molar-refractivity contribution in [3.05, 3.63) is 0 Å². The third-order valence-electron chi connectivity index (χ3n) is 4.71. The number of hydrogen-bond acceptors (Lipinski definition) is 2. The minimum Gasteiger partial charge on any atom is -0.390 e. The van der Waals surface area contributed by atoms with E-state index in [9.17, 15) is 5.11 Å². The van der Waals surface area contributed by atoms with Crippen molar-refractivity contribution in [2.75, 3.05) is 6.61 Å². The molecular formula is C18H36O2. The molecule has 1 N–H and O–H groups in total. The second kappa shape index (κ2) is 11.6. The van der Waals surface area contributed by atoms with Gasteiger partial charge in [0.25, 0.3) is 0 Å². The molecule has 0 aliphatic heterocycles. The maximum atomic E-state index is 10.5. The molecule has 0 aromatic carbocycles. The molecule has 0 bridgehead atoms. The van der Waals surface area contributed by atoms with Crippen LogP contribution in [0.25, 0.3) is 0 Å². The summed E-state index contributed by atoms with van der Waals surface area (Å²) in [4.78, 5) is 0. The highest BCUT2D eigenvalue weighted by Gasteiger charge is 2.29. The van der Waals surface area contributed by atoms with Gasteiger partial charge in [-0.25, -0.2) is 0 Å². The van der Waals surface area contributed by atoms with Crippen LogP contribution >= 0.6 is 0 Å². The van der Waals surface area contributed by atoms with Gasteiger partial charge in [0.1, 0.15) is 0 Å². The fourth-order valence-electron chi connectivity index (χ4n) is 3.51. The van der Waals surface area contributed by atoms with Crippen molar-refractivity contribution in [3.8, 4) is 0 Å². The third kappa shape index (κ3) is 7.08. The van der Waals surface area contributed by atoms with Gasteiger partial charge in [0.2, 0.25) is 0 Å². The van der Waals surface area contributed by atoms with Crippen molar-refractivity contribution >= 4 is 0 Å². The van der Waals surface area contributed by atoms with Crippen molar-refractivity contribution in [1.29, 1.82) is 0 Å². The van der Waals surface area contributed by atoms with E-state index < -0.39 is 0 Å². The van der Waals surface area contributed by atoms with Gasteiger partial charge in [-0.1, -0.05) is 64.7 Å². The Labute approximate surface area is 126 Å². The number of unbranched alkanes of at least 4 members (excludes halogenated alkanes) is 5. The lowest BCUT2D eigenvalue weighted by Gasteiger charge is -2.33. The van der Waals surface area contributed by atoms with Crippen LogP contribution < -0.4 is 0 Å². The van der Waals surface area contributed by atoms with Crippen molar-refractivity contribution in [3.63, 3.8) is 0 Å². The second-order valence-electron chi connectivity index (χ2n) is 6.44. The summed E-state index contributed by atoms with van der Waals surface area (Å²) >= 11 is 0. The first kappa shape index (κ1) is 18.0. The molecule has 2 atom stereocenters. The molecule has 1 rings (SSSR count). The number of aliphatic hydroxyl groups is 1. The monoisotopic (exact) mass is 284 g/mol. The molecule has 2 nitrogen and oxygen atoms in total. The molecule has 1 fully saturated rings. The molecule has 120 valence electrons. The van der Waals surface area contributed by atoms with E-state index in [1.807, 2.05) is 6.92 Å². The molecule has 1 saturated carbocycles. The first-order valence-electron chi connectivity index (χ1n) is 9.09. The predicted molar refractivity (Wildman–Crippen MR) is 86.0 cm³/mol. The number of ether oxygens (including phenoxy) is 1. The van der Waals surface area contributed by atoms with E-state index in [4.69, 9.17) is 4.74 Å². The van der Waals surface area contributed by atoms with Crippen molar-refractivity contribution in [2.45, 2.75) is 103 Å². The Bertz CT molecular complexity index is 211. The van der Waals surface area contributed by atoms with E-state index in [2.05, 4.69) is 6.92 Å². The third-order valence-corrected chi connectivity index (χ3v) is 4.71. The quantitative estimate of drug-likeness (QED) is 0.536. The first-order chi connectivity index (χ1) is 9.79. The van der Waals surface area contributed by atoms with Gasteiger partial charge >= 0.3 is 0 Å². The summed E-state index contributed by atoms with van der Waals surface area (Å²) in [6.07, 6.45) is 15.0. The van der Waals surface area contributed by atoms with Crippen LogP contribution in [-0.4, -0.2) is 23.9 Å². The molecular weight excluding hydrogens is 248 g/mol. The van der Waals surface area contributed by atoms with Crippen LogP contribution in [0, 0.1) is 5.92 Å². The van der Waals surface area contributed by atoms with Crippen LogP contribution in [0.4, 0.5) is 0 Å². The Morgan fingerprint density at radius 2 is 1.60 bits per heavy atom. The molecule has 0 radical (unpaired) electrons. The Balaban J connectivity index is 2.22. The van der Waals surface area contributed by atoms with Crippen LogP contribution in [0.5, 0.6) is 0 Å². The van der Waals surface area contributed by atoms with E-state index >= 15 is 0 Å². The SMILES string of the molecule is CCCCCCCCC(O)C(OCC)C1CCCCC1. The molecule has 1 aliphatic rings. The van der Waals surface area contributed by atoms with Crippen LogP contribution in [0.1, 0.15) is 90.9 Å². The molecule has 0 amide bonds. The molecule has 0 aromatic rings. The van der Waals surface area contributed by atoms with Crippen molar-refractivity contribution in [2.24, 2.45) is 5.92 Å². The summed E-state index contributed by atoms with van der Waals surface area (Å²) < 4.78 is 5.89. The standard InChI is InChI=1S/C18H36O2/c1-3-5-6-7-8-12-15-17(19)18(20-4-2)16-13-10-9-11-14-16/h16-19H,3-15H2,1-2H3. The highest BCUT2D eigenvalue weighted by molar-refractivity contribution is 4.80. The Hall–Kier alpha value is -0.0800. The molecule has 1 aliphatic carbocycles. The normalized spacial score (nSPS) is 19.9. The topological polar surface area (TPSA) is 29.5 Å². The second-order valence-corrected chi connectivity index (χ2v) is 6.44. The summed E-state index contributed by atoms with van der Waals surface area (Å²) in [5, 5.41) is 10.5. The zero-order chi connectivity index (χ0) is 14.6. The fraction of sp³-hybridized carbons (Fsp3) is 1.00. The molecule has 2 unspecified atom stereocenters. The molecule has 2 heteroatoms. The lowest BCUT2D eigenvalue weighted by Crippen LogP contribution is -2.37. The summed E-state index contributed by atoms with van der Waals surface area (Å²) in [5.74, 6) is 0.596. The highest BCUT2D eigenvalue weighted by atomic mass is 16.5. The highest BCUT2D eigenvalue weighted by Crippen LogP contribution is 2.30. The van der Waals surface area contributed by atoms with Gasteiger partial charge in [-0.2, -0.15) is 0 Å². The van der Waals surface area contributed by atoms with Crippen LogP contribution in [0.15, 0.2) is 0 Å². The van der Waals surface area contributed by atoms with Crippen molar-refractivity contribution < 1.29 is 9.84 Å². The van der Waals surface area contributed by atoms with E-state index in [1.165, 1.54) is 64.2 Å². The molecule has 0 saturated heterocycles. The average molecular weight is 284 g/mol. The van der Waals surface area contributed by atoms with Gasteiger partial charge in [-0.05, 0) is 32.1 Å². The molecule has 0 spiro atoms. The summed E-state index contributed by atoms with van der Waals surface area (Å²) in [5.41, 5.74) is 0. The van der Waals surface area contributed by atoms with Crippen molar-refractivity contribution in [1.82, 2.24) is 0 Å². The van der Waals surface area contributed by atoms with E-state index in [-0.39, 0.29) is 12.2 Å². The van der Waals surface area contributed by atoms with Gasteiger partial charge in [-0.3, -0.25) is 0 Å². The summed E-state index contributed by atoms with van der Waals surface area (Å²) in [7, 11) is 0. The van der Waals surface area contributed by atoms with Crippen LogP contribution in [0.2, 0.25) is 0 Å². The van der Waals surface area contributed by atoms with Gasteiger partial charge in [-0.15, -0.1) is 0 Å². The predicted octanol–water partition coefficient (Wildman–Crippen LogP) is 5.08. The van der Waals surface area contributed by atoms with E-state index in [0.717, 1.165) is 19.4 Å². The maximum Gasteiger partial charge on any atom is 0.0861 e. The summed E-state index contributed by atoms with van der Waals surface area (Å²) in [6, 6.07) is 0. The fourth-order valence-corrected chi connectivity index (χ4v) is 3.51. The Morgan fingerprint density at radius 3 is 2.25 bits per heavy atom. The molecule has 0 heterocycles. The Kier molecular flexibility index (Phi) is 10.4. The van der Waals surface area contributed by atoms with Crippen LogP contribution in [0.3, 0.4) is 0 Å². The van der Waals surface area contributed by atoms with Gasteiger partial charge in [0, 0.05) is 6.61 Å². The van der Waals surface area contributed by atoms with E-state index in [1.54, 1.807) is 0 Å². The molecule has 0 aromatic heterocycles. The summed E-state index contributed by atoms with van der Waals surface area (Å²) in [6.45, 7) is 5.03. The Morgan fingerprint density at radius 1 is 0.950 bits per heavy atom. The number of hydrogen-bond donors (Lipinski definition) is 1. The largest absolute Gasteiger partial charge is 0.390 e. The lowest BCUT2D eigenvalue weighted by molar-refractivity contribution is -0.0752. The van der Waals surface area contributed by atoms with Gasteiger partial charge < -0.3 is 9.84 Å². The number of rotatable bonds is 11. The molecule has 20 heavy (non-hydrogen) atoms. The minimum atomic E-state index is -0.246. The smallest absolute Gasteiger partial charge is 0.0861 e.